The zero-order valence-electron chi connectivity index (χ0n) is 15.9. The fraction of sp³-hybridized carbons (Fsp3) is 0.333. The number of carbonyl (C=O) groups excluding carboxylic acids is 2. The summed E-state index contributed by atoms with van der Waals surface area (Å²) in [7, 11) is 3.32. The SMILES string of the molecule is COc1cccc(C2CCN(C)C(=O)C2C(=O)N(N)c2ccccc2C)c1. The molecule has 2 atom stereocenters. The lowest BCUT2D eigenvalue weighted by atomic mass is 9.79. The van der Waals surface area contributed by atoms with Crippen LogP contribution in [0.5, 0.6) is 5.75 Å². The summed E-state index contributed by atoms with van der Waals surface area (Å²) in [4.78, 5) is 27.8. The summed E-state index contributed by atoms with van der Waals surface area (Å²) >= 11 is 0. The van der Waals surface area contributed by atoms with Crippen LogP contribution >= 0.6 is 0 Å². The van der Waals surface area contributed by atoms with Gasteiger partial charge in [0, 0.05) is 19.5 Å². The zero-order chi connectivity index (χ0) is 19.6. The van der Waals surface area contributed by atoms with E-state index in [4.69, 9.17) is 10.6 Å². The summed E-state index contributed by atoms with van der Waals surface area (Å²) in [5, 5.41) is 1.12. The van der Waals surface area contributed by atoms with Gasteiger partial charge in [-0.3, -0.25) is 9.59 Å². The molecule has 2 aromatic rings. The molecule has 0 bridgehead atoms. The minimum absolute atomic E-state index is 0.205. The van der Waals surface area contributed by atoms with Crippen molar-refractivity contribution in [3.05, 3.63) is 59.7 Å². The number of nitrogens with two attached hydrogens (primary N) is 1. The van der Waals surface area contributed by atoms with Gasteiger partial charge in [0.2, 0.25) is 5.91 Å². The van der Waals surface area contributed by atoms with Gasteiger partial charge < -0.3 is 9.64 Å². The Morgan fingerprint density at radius 3 is 2.67 bits per heavy atom. The van der Waals surface area contributed by atoms with Crippen molar-refractivity contribution in [2.24, 2.45) is 11.8 Å². The van der Waals surface area contributed by atoms with Crippen LogP contribution in [0.3, 0.4) is 0 Å². The van der Waals surface area contributed by atoms with Crippen LogP contribution in [0.15, 0.2) is 48.5 Å². The van der Waals surface area contributed by atoms with Crippen LogP contribution in [0.4, 0.5) is 5.69 Å². The lowest BCUT2D eigenvalue weighted by Crippen LogP contribution is -2.52. The van der Waals surface area contributed by atoms with E-state index in [1.165, 1.54) is 0 Å². The van der Waals surface area contributed by atoms with Crippen molar-refractivity contribution in [3.63, 3.8) is 0 Å². The molecule has 0 radical (unpaired) electrons. The molecule has 1 aliphatic rings. The molecule has 3 rings (SSSR count). The van der Waals surface area contributed by atoms with Gasteiger partial charge in [0.15, 0.2) is 0 Å². The molecular weight excluding hydrogens is 342 g/mol. The third-order valence-corrected chi connectivity index (χ3v) is 5.22. The van der Waals surface area contributed by atoms with Gasteiger partial charge in [-0.15, -0.1) is 0 Å². The Kier molecular flexibility index (Phi) is 5.46. The van der Waals surface area contributed by atoms with Gasteiger partial charge in [-0.25, -0.2) is 10.9 Å². The van der Waals surface area contributed by atoms with E-state index >= 15 is 0 Å². The van der Waals surface area contributed by atoms with Gasteiger partial charge in [0.05, 0.1) is 12.8 Å². The van der Waals surface area contributed by atoms with E-state index in [2.05, 4.69) is 0 Å². The van der Waals surface area contributed by atoms with Crippen LogP contribution < -0.4 is 15.6 Å². The van der Waals surface area contributed by atoms with E-state index in [0.29, 0.717) is 24.4 Å². The van der Waals surface area contributed by atoms with Crippen molar-refractivity contribution in [2.45, 2.75) is 19.3 Å². The molecule has 2 amide bonds. The largest absolute Gasteiger partial charge is 0.497 e. The highest BCUT2D eigenvalue weighted by atomic mass is 16.5. The number of nitrogens with zero attached hydrogens (tertiary/aromatic N) is 2. The molecule has 0 spiro atoms. The van der Waals surface area contributed by atoms with Gasteiger partial charge in [-0.2, -0.15) is 0 Å². The van der Waals surface area contributed by atoms with Crippen LogP contribution in [-0.2, 0) is 9.59 Å². The zero-order valence-corrected chi connectivity index (χ0v) is 15.9. The Hall–Kier alpha value is -2.86. The topological polar surface area (TPSA) is 75.9 Å². The summed E-state index contributed by atoms with van der Waals surface area (Å²) in [6, 6.07) is 14.9. The molecule has 1 saturated heterocycles. The first kappa shape index (κ1) is 18.9. The van der Waals surface area contributed by atoms with E-state index in [9.17, 15) is 9.59 Å². The Balaban J connectivity index is 1.97. The number of aryl methyl sites for hydroxylation is 1. The maximum Gasteiger partial charge on any atom is 0.254 e. The average Bonchev–Trinajstić information content (AvgIpc) is 2.69. The second-order valence-electron chi connectivity index (χ2n) is 6.90. The number of para-hydroxylation sites is 1. The van der Waals surface area contributed by atoms with Gasteiger partial charge in [0.1, 0.15) is 11.7 Å². The predicted octanol–water partition coefficient (Wildman–Crippen LogP) is 2.47. The van der Waals surface area contributed by atoms with Crippen LogP contribution in [0.1, 0.15) is 23.5 Å². The standard InChI is InChI=1S/C21H25N3O3/c1-14-7-4-5-10-18(14)24(22)21(26)19-17(11-12-23(2)20(19)25)15-8-6-9-16(13-15)27-3/h4-10,13,17,19H,11-12,22H2,1-3H3. The van der Waals surface area contributed by atoms with Gasteiger partial charge in [-0.05, 0) is 42.7 Å². The van der Waals surface area contributed by atoms with E-state index in [1.807, 2.05) is 49.4 Å². The van der Waals surface area contributed by atoms with Crippen molar-refractivity contribution >= 4 is 17.5 Å². The number of carbonyl (C=O) groups is 2. The Bertz CT molecular complexity index is 852. The van der Waals surface area contributed by atoms with E-state index in [-0.39, 0.29) is 11.8 Å². The summed E-state index contributed by atoms with van der Waals surface area (Å²) in [5.74, 6) is 5.16. The fourth-order valence-electron chi connectivity index (χ4n) is 3.63. The third-order valence-electron chi connectivity index (χ3n) is 5.22. The Labute approximate surface area is 159 Å². The Morgan fingerprint density at radius 1 is 1.22 bits per heavy atom. The normalized spacial score (nSPS) is 19.7. The number of anilines is 1. The highest BCUT2D eigenvalue weighted by molar-refractivity contribution is 6.08. The quantitative estimate of drug-likeness (QED) is 0.390. The predicted molar refractivity (Wildman–Crippen MR) is 104 cm³/mol. The maximum atomic E-state index is 13.3. The summed E-state index contributed by atoms with van der Waals surface area (Å²) in [6.45, 7) is 2.48. The molecule has 2 aromatic carbocycles. The highest BCUT2D eigenvalue weighted by Crippen LogP contribution is 2.36. The second-order valence-corrected chi connectivity index (χ2v) is 6.90. The first-order valence-corrected chi connectivity index (χ1v) is 8.97. The van der Waals surface area contributed by atoms with Crippen LogP contribution in [0.25, 0.3) is 0 Å². The van der Waals surface area contributed by atoms with Gasteiger partial charge in [-0.1, -0.05) is 30.3 Å². The maximum absolute atomic E-state index is 13.3. The first-order chi connectivity index (χ1) is 12.9. The van der Waals surface area contributed by atoms with Crippen molar-refractivity contribution in [1.29, 1.82) is 0 Å². The number of amides is 2. The number of benzene rings is 2. The van der Waals surface area contributed by atoms with Crippen molar-refractivity contribution in [3.8, 4) is 5.75 Å². The smallest absolute Gasteiger partial charge is 0.254 e. The molecule has 27 heavy (non-hydrogen) atoms. The molecule has 0 aromatic heterocycles. The van der Waals surface area contributed by atoms with Crippen molar-refractivity contribution < 1.29 is 14.3 Å². The van der Waals surface area contributed by atoms with Crippen LogP contribution in [0, 0.1) is 12.8 Å². The van der Waals surface area contributed by atoms with Crippen LogP contribution in [-0.4, -0.2) is 37.4 Å². The Morgan fingerprint density at radius 2 is 1.96 bits per heavy atom. The molecule has 2 N–H and O–H groups in total. The minimum Gasteiger partial charge on any atom is -0.497 e. The van der Waals surface area contributed by atoms with Gasteiger partial charge in [0.25, 0.3) is 5.91 Å². The monoisotopic (exact) mass is 367 g/mol. The minimum atomic E-state index is -0.861. The number of hydrazine groups is 1. The van der Waals surface area contributed by atoms with E-state index in [0.717, 1.165) is 16.1 Å². The third kappa shape index (κ3) is 3.66. The number of rotatable bonds is 4. The molecule has 6 heteroatoms. The summed E-state index contributed by atoms with van der Waals surface area (Å²) in [5.41, 5.74) is 2.39. The molecule has 1 fully saturated rings. The summed E-state index contributed by atoms with van der Waals surface area (Å²) in [6.07, 6.45) is 0.688. The average molecular weight is 367 g/mol. The molecule has 1 aliphatic heterocycles. The molecule has 0 saturated carbocycles. The van der Waals surface area contributed by atoms with Crippen molar-refractivity contribution in [2.75, 3.05) is 25.7 Å². The highest BCUT2D eigenvalue weighted by Gasteiger charge is 2.43. The van der Waals surface area contributed by atoms with E-state index < -0.39 is 11.8 Å². The number of methoxy groups -OCH3 is 1. The van der Waals surface area contributed by atoms with Crippen LogP contribution in [0.2, 0.25) is 0 Å². The number of hydrogen-bond donors (Lipinski definition) is 1. The molecule has 1 heterocycles. The van der Waals surface area contributed by atoms with Gasteiger partial charge >= 0.3 is 0 Å². The number of ether oxygens (including phenoxy) is 1. The second kappa shape index (κ2) is 7.80. The molecule has 6 nitrogen and oxygen atoms in total. The molecular formula is C21H25N3O3. The molecule has 2 unspecified atom stereocenters. The lowest BCUT2D eigenvalue weighted by molar-refractivity contribution is -0.144. The fourth-order valence-corrected chi connectivity index (χ4v) is 3.63. The van der Waals surface area contributed by atoms with Crippen molar-refractivity contribution in [1.82, 2.24) is 4.90 Å². The summed E-state index contributed by atoms with van der Waals surface area (Å²) < 4.78 is 5.31. The number of likely N-dealkylation sites (tertiary alicyclic amines) is 1. The number of hydrogen-bond acceptors (Lipinski definition) is 4. The molecule has 142 valence electrons. The lowest BCUT2D eigenvalue weighted by Gasteiger charge is -2.37. The molecule has 0 aliphatic carbocycles. The van der Waals surface area contributed by atoms with E-state index in [1.54, 1.807) is 25.1 Å². The number of piperidine rings is 1. The first-order valence-electron chi connectivity index (χ1n) is 8.97.